The van der Waals surface area contributed by atoms with Gasteiger partial charge in [0.05, 0.1) is 19.3 Å². The third-order valence-corrected chi connectivity index (χ3v) is 14.5. The number of nitrogens with two attached hydrogens (primary N) is 1. The number of aliphatic hydroxyl groups is 1. The number of ether oxygens (including phenoxy) is 1. The van der Waals surface area contributed by atoms with Gasteiger partial charge in [-0.1, -0.05) is 95.2 Å². The van der Waals surface area contributed by atoms with Crippen LogP contribution in [-0.2, 0) is 52.7 Å². The fourth-order valence-electron chi connectivity index (χ4n) is 9.20. The van der Waals surface area contributed by atoms with Gasteiger partial charge in [0.15, 0.2) is 0 Å². The first-order valence-corrected chi connectivity index (χ1v) is 28.1. The summed E-state index contributed by atoms with van der Waals surface area (Å²) in [6, 6.07) is -10.2. The second kappa shape index (κ2) is 34.5. The molecule has 0 aliphatic heterocycles. The highest BCUT2D eigenvalue weighted by atomic mass is 16.5. The predicted molar refractivity (Wildman–Crippen MR) is 305 cm³/mol. The number of aliphatic hydroxyl groups excluding tert-OH is 1. The second-order valence-corrected chi connectivity index (χ2v) is 23.4. The first-order valence-electron chi connectivity index (χ1n) is 28.1. The Hall–Kier alpha value is -5.64. The van der Waals surface area contributed by atoms with Crippen molar-refractivity contribution in [2.75, 3.05) is 55.9 Å². The number of likely N-dealkylation sites (N-methyl/N-ethyl adjacent to an activating group) is 6. The molecule has 454 valence electrons. The molecule has 22 heteroatoms. The Bertz CT molecular complexity index is 2070. The lowest BCUT2D eigenvalue weighted by Crippen LogP contribution is -2.63. The molecule has 11 atom stereocenters. The Morgan fingerprint density at radius 3 is 1.48 bits per heavy atom. The van der Waals surface area contributed by atoms with Crippen LogP contribution in [0.4, 0.5) is 0 Å². The van der Waals surface area contributed by atoms with E-state index in [9.17, 15) is 48.3 Å². The molecule has 0 unspecified atom stereocenters. The smallest absolute Gasteiger partial charge is 0.325 e. The molecule has 0 aromatic carbocycles. The average molecular weight is 1120 g/mol. The molecule has 0 heterocycles. The first-order chi connectivity index (χ1) is 36.5. The number of allylic oxidation sites excluding steroid dienone is 2. The van der Waals surface area contributed by atoms with Crippen molar-refractivity contribution in [3.8, 4) is 0 Å². The summed E-state index contributed by atoms with van der Waals surface area (Å²) in [6.07, 6.45) is 3.74. The van der Waals surface area contributed by atoms with Crippen LogP contribution in [0, 0.1) is 35.5 Å². The van der Waals surface area contributed by atoms with Crippen LogP contribution in [0.3, 0.4) is 0 Å². The average Bonchev–Trinajstić information content (AvgIpc) is 3.37. The molecule has 0 saturated carbocycles. The number of carbonyl (C=O) groups is 10. The normalized spacial score (nSPS) is 15.9. The van der Waals surface area contributed by atoms with Gasteiger partial charge in [-0.15, -0.1) is 0 Å². The summed E-state index contributed by atoms with van der Waals surface area (Å²) in [6.45, 7) is 26.3. The van der Waals surface area contributed by atoms with Crippen LogP contribution in [0.15, 0.2) is 12.2 Å². The molecule has 0 rings (SSSR count). The van der Waals surface area contributed by atoms with E-state index in [-0.39, 0.29) is 49.5 Å². The molecule has 0 fully saturated rings. The molecular formula is C57H104N10O12. The molecule has 9 amide bonds. The van der Waals surface area contributed by atoms with Crippen LogP contribution < -0.4 is 21.7 Å². The summed E-state index contributed by atoms with van der Waals surface area (Å²) in [5.74, 6) is -7.58. The van der Waals surface area contributed by atoms with Crippen molar-refractivity contribution in [1.82, 2.24) is 45.3 Å². The van der Waals surface area contributed by atoms with Gasteiger partial charge in [-0.2, -0.15) is 0 Å². The molecule has 6 N–H and O–H groups in total. The number of nitrogens with zero attached hydrogens (tertiary/aromatic N) is 6. The van der Waals surface area contributed by atoms with E-state index in [4.69, 9.17) is 10.5 Å². The first kappa shape index (κ1) is 73.4. The van der Waals surface area contributed by atoms with E-state index >= 15 is 4.79 Å². The highest BCUT2D eigenvalue weighted by Gasteiger charge is 2.45. The fraction of sp³-hybridized carbons (Fsp3) is 0.789. The van der Waals surface area contributed by atoms with Crippen molar-refractivity contribution < 1.29 is 57.8 Å². The maximum Gasteiger partial charge on any atom is 0.325 e. The number of hydrogen-bond donors (Lipinski definition) is 5. The summed E-state index contributed by atoms with van der Waals surface area (Å²) >= 11 is 0. The maximum absolute atomic E-state index is 15.1. The van der Waals surface area contributed by atoms with Crippen LogP contribution in [-0.4, -0.2) is 210 Å². The molecule has 0 saturated heterocycles. The van der Waals surface area contributed by atoms with E-state index < -0.39 is 131 Å². The molecule has 0 aromatic rings. The van der Waals surface area contributed by atoms with E-state index in [1.807, 2.05) is 47.6 Å². The third kappa shape index (κ3) is 22.1. The Morgan fingerprint density at radius 2 is 1.01 bits per heavy atom. The number of carbonyl (C=O) groups excluding carboxylic acids is 10. The van der Waals surface area contributed by atoms with Gasteiger partial charge in [-0.05, 0) is 94.8 Å². The highest BCUT2D eigenvalue weighted by molar-refractivity contribution is 5.98. The van der Waals surface area contributed by atoms with Crippen molar-refractivity contribution in [1.29, 1.82) is 0 Å². The molecule has 22 nitrogen and oxygen atoms in total. The van der Waals surface area contributed by atoms with Crippen molar-refractivity contribution in [3.05, 3.63) is 12.2 Å². The Labute approximate surface area is 473 Å². The second-order valence-electron chi connectivity index (χ2n) is 23.4. The van der Waals surface area contributed by atoms with Gasteiger partial charge >= 0.3 is 5.97 Å². The third-order valence-electron chi connectivity index (χ3n) is 14.5. The predicted octanol–water partition coefficient (Wildman–Crippen LogP) is 2.79. The summed E-state index contributed by atoms with van der Waals surface area (Å²) in [5.41, 5.74) is 6.14. The summed E-state index contributed by atoms with van der Waals surface area (Å²) in [5, 5.41) is 19.9. The standard InChI is InChI=1S/C57H104N10O12/c1-23-25-26-37(13)48(69)47(51(72)61-40(24-2)53(74)62(16)31-44(68)79-22)67(21)57(78)46(36(11)12)66(20)54(75)41(28-27-32(3)4)63(17)55(76)43(30-34(7)8)65(19)52(73)39(15)60-49(70)38(14)59-50(71)42(29-33(5)6)64(18)56(77)45(58)35(9)10/h23,25,32-43,45-48,69H,24,26-31,58H2,1-22H3,(H,59,71)(H,60,70)(H,61,72)/b25-23+/t37-,38-,39+,40+,41+,42+,43+,45+,46+,47+,48-/m1/s1. The van der Waals surface area contributed by atoms with E-state index in [1.54, 1.807) is 54.5 Å². The fourth-order valence-corrected chi connectivity index (χ4v) is 9.20. The van der Waals surface area contributed by atoms with E-state index in [0.717, 1.165) is 9.80 Å². The Kier molecular flexibility index (Phi) is 32.0. The topological polar surface area (TPSA) is 282 Å². The Morgan fingerprint density at radius 1 is 0.532 bits per heavy atom. The van der Waals surface area contributed by atoms with Gasteiger partial charge in [0, 0.05) is 42.3 Å². The maximum atomic E-state index is 15.1. The van der Waals surface area contributed by atoms with E-state index in [1.165, 1.54) is 82.8 Å². The molecule has 0 bridgehead atoms. The molecule has 0 aromatic heterocycles. The largest absolute Gasteiger partial charge is 0.468 e. The lowest BCUT2D eigenvalue weighted by Gasteiger charge is -2.41. The van der Waals surface area contributed by atoms with Crippen LogP contribution in [0.5, 0.6) is 0 Å². The number of rotatable bonds is 33. The highest BCUT2D eigenvalue weighted by Crippen LogP contribution is 2.25. The number of hydrogen-bond acceptors (Lipinski definition) is 13. The number of amides is 9. The molecule has 0 radical (unpaired) electrons. The molecule has 0 aliphatic rings. The molecule has 0 spiro atoms. The van der Waals surface area contributed by atoms with Gasteiger partial charge in [-0.3, -0.25) is 47.9 Å². The molecule has 0 aliphatic carbocycles. The zero-order valence-corrected chi connectivity index (χ0v) is 52.0. The monoisotopic (exact) mass is 1120 g/mol. The Balaban J connectivity index is 7.05. The van der Waals surface area contributed by atoms with Gasteiger partial charge in [0.2, 0.25) is 53.2 Å². The van der Waals surface area contributed by atoms with Crippen LogP contribution in [0.1, 0.15) is 142 Å². The summed E-state index contributed by atoms with van der Waals surface area (Å²) in [4.78, 5) is 147. The van der Waals surface area contributed by atoms with Crippen LogP contribution >= 0.6 is 0 Å². The molecule has 79 heavy (non-hydrogen) atoms. The van der Waals surface area contributed by atoms with Crippen LogP contribution in [0.2, 0.25) is 0 Å². The molecular weight excluding hydrogens is 1020 g/mol. The van der Waals surface area contributed by atoms with Crippen molar-refractivity contribution in [3.63, 3.8) is 0 Å². The quantitative estimate of drug-likeness (QED) is 0.0468. The van der Waals surface area contributed by atoms with Gasteiger partial charge in [0.25, 0.3) is 0 Å². The SMILES string of the molecule is C/C=C/C[C@@H](C)[C@@H](O)[C@@H](C(=O)N[C@@H](CC)C(=O)N(C)CC(=O)OC)N(C)C(=O)[C@H](C(C)C)N(C)C(=O)[C@H](CCC(C)C)N(C)C(=O)[C@H](CC(C)C)N(C)C(=O)[C@H](C)NC(=O)[C@@H](C)NC(=O)[C@H](CC(C)C)N(C)C(=O)[C@@H](N)C(C)C. The zero-order valence-electron chi connectivity index (χ0n) is 52.0. The van der Waals surface area contributed by atoms with Gasteiger partial charge in [-0.25, -0.2) is 0 Å². The van der Waals surface area contributed by atoms with Gasteiger partial charge < -0.3 is 60.9 Å². The summed E-state index contributed by atoms with van der Waals surface area (Å²) < 4.78 is 4.70. The van der Waals surface area contributed by atoms with Gasteiger partial charge in [0.1, 0.15) is 54.9 Å². The number of esters is 1. The minimum Gasteiger partial charge on any atom is -0.468 e. The number of methoxy groups -OCH3 is 1. The minimum absolute atomic E-state index is 0.0101. The summed E-state index contributed by atoms with van der Waals surface area (Å²) in [7, 11) is 9.79. The minimum atomic E-state index is -1.55. The lowest BCUT2D eigenvalue weighted by atomic mass is 9.91. The zero-order chi connectivity index (χ0) is 61.7. The van der Waals surface area contributed by atoms with E-state index in [2.05, 4.69) is 16.0 Å². The van der Waals surface area contributed by atoms with Crippen molar-refractivity contribution in [2.45, 2.75) is 203 Å². The van der Waals surface area contributed by atoms with E-state index in [0.29, 0.717) is 19.3 Å². The van der Waals surface area contributed by atoms with Crippen molar-refractivity contribution in [2.24, 2.45) is 41.2 Å². The van der Waals surface area contributed by atoms with Crippen LogP contribution in [0.25, 0.3) is 0 Å². The van der Waals surface area contributed by atoms with Crippen molar-refractivity contribution >= 4 is 59.1 Å². The number of nitrogens with one attached hydrogen (secondary N) is 3. The lowest BCUT2D eigenvalue weighted by molar-refractivity contribution is -0.157.